The second-order valence-corrected chi connectivity index (χ2v) is 6.33. The molecule has 0 N–H and O–H groups in total. The zero-order valence-corrected chi connectivity index (χ0v) is 14.6. The van der Waals surface area contributed by atoms with E-state index in [9.17, 15) is 0 Å². The van der Waals surface area contributed by atoms with Crippen molar-refractivity contribution >= 4 is 11.0 Å². The van der Waals surface area contributed by atoms with Gasteiger partial charge in [0.25, 0.3) is 0 Å². The number of rotatable bonds is 2. The molecule has 1 aliphatic rings. The molecule has 2 heteroatoms. The predicted molar refractivity (Wildman–Crippen MR) is 97.9 cm³/mol. The first kappa shape index (κ1) is 15.8. The Hall–Kier alpha value is -2.09. The summed E-state index contributed by atoms with van der Waals surface area (Å²) in [6.45, 7) is 6.15. The zero-order chi connectivity index (χ0) is 16.4. The number of hydrogen-bond donors (Lipinski definition) is 0. The summed E-state index contributed by atoms with van der Waals surface area (Å²) in [6.07, 6.45) is 7.96. The van der Waals surface area contributed by atoms with Gasteiger partial charge in [-0.15, -0.1) is 0 Å². The number of aromatic nitrogens is 2. The van der Waals surface area contributed by atoms with Crippen molar-refractivity contribution in [1.82, 2.24) is 9.55 Å². The third-order valence-corrected chi connectivity index (χ3v) is 5.06. The number of pyridine rings is 1. The predicted octanol–water partition coefficient (Wildman–Crippen LogP) is 5.38. The Bertz CT molecular complexity index is 792. The first-order chi connectivity index (χ1) is 11.2. The lowest BCUT2D eigenvalue weighted by atomic mass is 9.60. The smallest absolute Gasteiger partial charge is 0.139 e. The Labute approximate surface area is 139 Å². The minimum Gasteiger partial charge on any atom is -0.335 e. The third-order valence-electron chi connectivity index (χ3n) is 5.06. The van der Waals surface area contributed by atoms with Gasteiger partial charge in [0.2, 0.25) is 0 Å². The molecule has 120 valence electrons. The van der Waals surface area contributed by atoms with Gasteiger partial charge in [0, 0.05) is 30.2 Å². The molecular formula is C21H26N2. The van der Waals surface area contributed by atoms with Crippen LogP contribution in [-0.2, 0) is 12.5 Å². The summed E-state index contributed by atoms with van der Waals surface area (Å²) in [7, 11) is 2.10. The lowest BCUT2D eigenvalue weighted by Crippen LogP contribution is -2.35. The van der Waals surface area contributed by atoms with Gasteiger partial charge >= 0.3 is 0 Å². The Morgan fingerprint density at radius 1 is 1.04 bits per heavy atom. The molecule has 1 saturated carbocycles. The SMILES string of the molecule is CC.Cc1ccc(C2(c3cn(C)c4ncccc34)CCC2)cc1. The van der Waals surface area contributed by atoms with Gasteiger partial charge in [-0.2, -0.15) is 0 Å². The van der Waals surface area contributed by atoms with E-state index in [1.54, 1.807) is 0 Å². The fourth-order valence-corrected chi connectivity index (χ4v) is 3.71. The van der Waals surface area contributed by atoms with Gasteiger partial charge in [-0.25, -0.2) is 4.98 Å². The molecule has 0 aliphatic heterocycles. The molecule has 0 spiro atoms. The average Bonchev–Trinajstić information content (AvgIpc) is 2.88. The van der Waals surface area contributed by atoms with Crippen molar-refractivity contribution in [1.29, 1.82) is 0 Å². The van der Waals surface area contributed by atoms with Gasteiger partial charge in [-0.3, -0.25) is 0 Å². The lowest BCUT2D eigenvalue weighted by Gasteiger charge is -2.42. The largest absolute Gasteiger partial charge is 0.335 e. The van der Waals surface area contributed by atoms with Crippen molar-refractivity contribution in [3.63, 3.8) is 0 Å². The Morgan fingerprint density at radius 3 is 2.35 bits per heavy atom. The Balaban J connectivity index is 0.000000753. The first-order valence-electron chi connectivity index (χ1n) is 8.68. The highest BCUT2D eigenvalue weighted by atomic mass is 15.0. The van der Waals surface area contributed by atoms with Gasteiger partial charge in [0.15, 0.2) is 0 Å². The highest BCUT2D eigenvalue weighted by Crippen LogP contribution is 2.51. The van der Waals surface area contributed by atoms with E-state index < -0.39 is 0 Å². The molecule has 0 unspecified atom stereocenters. The van der Waals surface area contributed by atoms with E-state index in [0.29, 0.717) is 0 Å². The summed E-state index contributed by atoms with van der Waals surface area (Å²) < 4.78 is 2.17. The number of benzene rings is 1. The highest BCUT2D eigenvalue weighted by Gasteiger charge is 2.42. The molecular weight excluding hydrogens is 280 g/mol. The van der Waals surface area contributed by atoms with Crippen molar-refractivity contribution in [3.05, 3.63) is 65.5 Å². The maximum Gasteiger partial charge on any atom is 0.139 e. The van der Waals surface area contributed by atoms with E-state index >= 15 is 0 Å². The minimum absolute atomic E-state index is 0.191. The summed E-state index contributed by atoms with van der Waals surface area (Å²) in [5.41, 5.74) is 5.51. The van der Waals surface area contributed by atoms with Crippen LogP contribution in [0.3, 0.4) is 0 Å². The van der Waals surface area contributed by atoms with E-state index in [1.165, 1.54) is 41.3 Å². The van der Waals surface area contributed by atoms with Crippen LogP contribution in [0.25, 0.3) is 11.0 Å². The van der Waals surface area contributed by atoms with Crippen LogP contribution in [0.5, 0.6) is 0 Å². The molecule has 0 bridgehead atoms. The van der Waals surface area contributed by atoms with E-state index in [2.05, 4.69) is 60.1 Å². The molecule has 0 atom stereocenters. The van der Waals surface area contributed by atoms with Gasteiger partial charge < -0.3 is 4.57 Å². The molecule has 1 aromatic carbocycles. The van der Waals surface area contributed by atoms with E-state index in [4.69, 9.17) is 0 Å². The molecule has 1 aliphatic carbocycles. The molecule has 2 aromatic heterocycles. The van der Waals surface area contributed by atoms with E-state index in [0.717, 1.165) is 5.65 Å². The van der Waals surface area contributed by atoms with Crippen molar-refractivity contribution < 1.29 is 0 Å². The Morgan fingerprint density at radius 2 is 1.74 bits per heavy atom. The molecule has 0 saturated heterocycles. The van der Waals surface area contributed by atoms with E-state index in [1.807, 2.05) is 26.1 Å². The van der Waals surface area contributed by atoms with Crippen molar-refractivity contribution in [2.75, 3.05) is 0 Å². The number of hydrogen-bond acceptors (Lipinski definition) is 1. The maximum atomic E-state index is 4.54. The van der Waals surface area contributed by atoms with Crippen LogP contribution in [-0.4, -0.2) is 9.55 Å². The third kappa shape index (κ3) is 2.46. The fourth-order valence-electron chi connectivity index (χ4n) is 3.71. The monoisotopic (exact) mass is 306 g/mol. The summed E-state index contributed by atoms with van der Waals surface area (Å²) in [5, 5.41) is 1.31. The molecule has 0 radical (unpaired) electrons. The summed E-state index contributed by atoms with van der Waals surface area (Å²) in [5.74, 6) is 0. The highest BCUT2D eigenvalue weighted by molar-refractivity contribution is 5.82. The number of aryl methyl sites for hydroxylation is 2. The topological polar surface area (TPSA) is 17.8 Å². The first-order valence-corrected chi connectivity index (χ1v) is 8.68. The standard InChI is InChI=1S/C19H20N2.C2H6/c1-14-6-8-15(9-7-14)19(10-4-11-19)17-13-21(2)18-16(17)5-3-12-20-18;1-2/h3,5-9,12-13H,4,10-11H2,1-2H3;1-2H3. The zero-order valence-electron chi connectivity index (χ0n) is 14.6. The summed E-state index contributed by atoms with van der Waals surface area (Å²) in [6, 6.07) is 13.4. The molecule has 4 rings (SSSR count). The van der Waals surface area contributed by atoms with Crippen LogP contribution in [0, 0.1) is 6.92 Å². The normalized spacial score (nSPS) is 15.7. The van der Waals surface area contributed by atoms with Gasteiger partial charge in [-0.1, -0.05) is 50.1 Å². The second kappa shape index (κ2) is 6.19. The average molecular weight is 306 g/mol. The minimum atomic E-state index is 0.191. The maximum absolute atomic E-state index is 4.54. The van der Waals surface area contributed by atoms with Crippen molar-refractivity contribution in [2.45, 2.75) is 45.4 Å². The molecule has 1 fully saturated rings. The molecule has 2 heterocycles. The Kier molecular flexibility index (Phi) is 4.25. The summed E-state index contributed by atoms with van der Waals surface area (Å²) in [4.78, 5) is 4.54. The molecule has 2 nitrogen and oxygen atoms in total. The lowest BCUT2D eigenvalue weighted by molar-refractivity contribution is 0.303. The van der Waals surface area contributed by atoms with E-state index in [-0.39, 0.29) is 5.41 Å². The molecule has 0 amide bonds. The number of nitrogens with zero attached hydrogens (tertiary/aromatic N) is 2. The van der Waals surface area contributed by atoms with Crippen LogP contribution < -0.4 is 0 Å². The van der Waals surface area contributed by atoms with Gasteiger partial charge in [-0.05, 0) is 43.0 Å². The summed E-state index contributed by atoms with van der Waals surface area (Å²) >= 11 is 0. The van der Waals surface area contributed by atoms with Crippen LogP contribution >= 0.6 is 0 Å². The van der Waals surface area contributed by atoms with Crippen LogP contribution in [0.1, 0.15) is 49.8 Å². The quantitative estimate of drug-likeness (QED) is 0.621. The van der Waals surface area contributed by atoms with Crippen molar-refractivity contribution in [2.24, 2.45) is 7.05 Å². The van der Waals surface area contributed by atoms with Gasteiger partial charge in [0.05, 0.1) is 0 Å². The molecule has 23 heavy (non-hydrogen) atoms. The van der Waals surface area contributed by atoms with Crippen LogP contribution in [0.4, 0.5) is 0 Å². The van der Waals surface area contributed by atoms with Gasteiger partial charge in [0.1, 0.15) is 5.65 Å². The van der Waals surface area contributed by atoms with Crippen molar-refractivity contribution in [3.8, 4) is 0 Å². The fraction of sp³-hybridized carbons (Fsp3) is 0.381. The number of fused-ring (bicyclic) bond motifs is 1. The van der Waals surface area contributed by atoms with Crippen LogP contribution in [0.15, 0.2) is 48.8 Å². The molecule has 3 aromatic rings. The second-order valence-electron chi connectivity index (χ2n) is 6.33. The van der Waals surface area contributed by atoms with Crippen LogP contribution in [0.2, 0.25) is 0 Å².